The largest absolute Gasteiger partial charge is 0.351 e. The molecule has 17 heavy (non-hydrogen) atoms. The highest BCUT2D eigenvalue weighted by atomic mass is 16.1. The van der Waals surface area contributed by atoms with Gasteiger partial charge in [0.15, 0.2) is 0 Å². The molecular formula is C15H21NO. The van der Waals surface area contributed by atoms with Gasteiger partial charge in [0.25, 0.3) is 5.91 Å². The third-order valence-electron chi connectivity index (χ3n) is 3.59. The third-order valence-corrected chi connectivity index (χ3v) is 3.59. The van der Waals surface area contributed by atoms with Crippen molar-refractivity contribution >= 4 is 5.91 Å². The lowest BCUT2D eigenvalue weighted by atomic mass is 9.82. The van der Waals surface area contributed by atoms with Crippen molar-refractivity contribution in [2.45, 2.75) is 39.5 Å². The van der Waals surface area contributed by atoms with Crippen molar-refractivity contribution in [2.75, 3.05) is 6.54 Å². The minimum atomic E-state index is 0.0925. The number of benzene rings is 1. The molecule has 0 saturated carbocycles. The summed E-state index contributed by atoms with van der Waals surface area (Å²) in [6, 6.07) is 6.41. The number of carbonyl (C=O) groups excluding carboxylic acids is 1. The van der Waals surface area contributed by atoms with Crippen LogP contribution >= 0.6 is 0 Å². The molecule has 2 rings (SSSR count). The highest BCUT2D eigenvalue weighted by Gasteiger charge is 2.27. The molecule has 1 N–H and O–H groups in total. The summed E-state index contributed by atoms with van der Waals surface area (Å²) in [5.74, 6) is 1.11. The number of hydrogen-bond acceptors (Lipinski definition) is 1. The monoisotopic (exact) mass is 231 g/mol. The molecule has 0 bridgehead atoms. The van der Waals surface area contributed by atoms with Gasteiger partial charge in [0.05, 0.1) is 0 Å². The van der Waals surface area contributed by atoms with E-state index in [1.807, 2.05) is 0 Å². The molecule has 1 amide bonds. The van der Waals surface area contributed by atoms with Crippen LogP contribution in [0.2, 0.25) is 0 Å². The van der Waals surface area contributed by atoms with Gasteiger partial charge in [-0.15, -0.1) is 0 Å². The van der Waals surface area contributed by atoms with Crippen LogP contribution in [0.3, 0.4) is 0 Å². The average molecular weight is 231 g/mol. The van der Waals surface area contributed by atoms with Crippen LogP contribution in [0, 0.1) is 5.92 Å². The first kappa shape index (κ1) is 12.2. The number of rotatable bonds is 3. The Bertz CT molecular complexity index is 423. The Morgan fingerprint density at radius 2 is 2.18 bits per heavy atom. The minimum Gasteiger partial charge on any atom is -0.351 e. The van der Waals surface area contributed by atoms with Crippen LogP contribution in [0.25, 0.3) is 0 Å². The topological polar surface area (TPSA) is 29.1 Å². The van der Waals surface area contributed by atoms with E-state index < -0.39 is 0 Å². The van der Waals surface area contributed by atoms with Gasteiger partial charge in [0.1, 0.15) is 0 Å². The van der Waals surface area contributed by atoms with E-state index in [1.54, 1.807) is 0 Å². The quantitative estimate of drug-likeness (QED) is 0.850. The van der Waals surface area contributed by atoms with Crippen LogP contribution < -0.4 is 5.32 Å². The number of fused-ring (bicyclic) bond motifs is 1. The zero-order valence-corrected chi connectivity index (χ0v) is 10.9. The summed E-state index contributed by atoms with van der Waals surface area (Å²) in [5, 5.41) is 3.00. The highest BCUT2D eigenvalue weighted by molar-refractivity contribution is 5.97. The van der Waals surface area contributed by atoms with Crippen LogP contribution in [0.1, 0.15) is 54.6 Å². The first-order valence-corrected chi connectivity index (χ1v) is 6.54. The Morgan fingerprint density at radius 1 is 1.41 bits per heavy atom. The fraction of sp³-hybridized carbons (Fsp3) is 0.533. The van der Waals surface area contributed by atoms with Crippen molar-refractivity contribution in [2.24, 2.45) is 5.92 Å². The molecule has 0 radical (unpaired) electrons. The molecule has 0 saturated heterocycles. The number of aryl methyl sites for hydroxylation is 1. The lowest BCUT2D eigenvalue weighted by Crippen LogP contribution is -2.36. The highest BCUT2D eigenvalue weighted by Crippen LogP contribution is 2.30. The fourth-order valence-electron chi connectivity index (χ4n) is 2.57. The predicted octanol–water partition coefficient (Wildman–Crippen LogP) is 3.12. The van der Waals surface area contributed by atoms with Gasteiger partial charge in [-0.05, 0) is 29.5 Å². The van der Waals surface area contributed by atoms with E-state index in [9.17, 15) is 4.79 Å². The van der Waals surface area contributed by atoms with E-state index in [0.717, 1.165) is 24.9 Å². The third kappa shape index (κ3) is 2.36. The summed E-state index contributed by atoms with van der Waals surface area (Å²) >= 11 is 0. The molecule has 0 spiro atoms. The molecule has 1 aliphatic rings. The van der Waals surface area contributed by atoms with E-state index in [-0.39, 0.29) is 5.91 Å². The molecule has 92 valence electrons. The van der Waals surface area contributed by atoms with Crippen LogP contribution in [-0.4, -0.2) is 12.5 Å². The van der Waals surface area contributed by atoms with E-state index in [2.05, 4.69) is 44.3 Å². The Balaban J connectivity index is 2.40. The van der Waals surface area contributed by atoms with Crippen LogP contribution in [0.15, 0.2) is 18.2 Å². The molecule has 1 aromatic rings. The van der Waals surface area contributed by atoms with Gasteiger partial charge in [0.2, 0.25) is 0 Å². The zero-order chi connectivity index (χ0) is 12.4. The molecule has 1 atom stereocenters. The Morgan fingerprint density at radius 3 is 2.82 bits per heavy atom. The van der Waals surface area contributed by atoms with Crippen LogP contribution in [0.4, 0.5) is 0 Å². The molecule has 0 aliphatic carbocycles. The molecule has 1 aromatic carbocycles. The van der Waals surface area contributed by atoms with Gasteiger partial charge in [-0.3, -0.25) is 4.79 Å². The molecular weight excluding hydrogens is 210 g/mol. The summed E-state index contributed by atoms with van der Waals surface area (Å²) in [6.07, 6.45) is 2.17. The number of nitrogens with one attached hydrogen (secondary N) is 1. The van der Waals surface area contributed by atoms with Crippen molar-refractivity contribution in [3.8, 4) is 0 Å². The number of carbonyl (C=O) groups is 1. The van der Waals surface area contributed by atoms with E-state index in [4.69, 9.17) is 0 Å². The molecule has 2 nitrogen and oxygen atoms in total. The number of hydrogen-bond donors (Lipinski definition) is 1. The average Bonchev–Trinajstić information content (AvgIpc) is 2.30. The molecule has 1 unspecified atom stereocenters. The first-order chi connectivity index (χ1) is 8.13. The number of amides is 1. The Hall–Kier alpha value is -1.31. The maximum atomic E-state index is 11.9. The lowest BCUT2D eigenvalue weighted by Gasteiger charge is -2.29. The fourth-order valence-corrected chi connectivity index (χ4v) is 2.57. The van der Waals surface area contributed by atoms with Gasteiger partial charge < -0.3 is 5.32 Å². The van der Waals surface area contributed by atoms with Crippen molar-refractivity contribution < 1.29 is 4.79 Å². The van der Waals surface area contributed by atoms with Gasteiger partial charge in [0, 0.05) is 18.0 Å². The van der Waals surface area contributed by atoms with Gasteiger partial charge in [-0.2, -0.15) is 0 Å². The minimum absolute atomic E-state index is 0.0925. The maximum Gasteiger partial charge on any atom is 0.251 e. The first-order valence-electron chi connectivity index (χ1n) is 6.54. The molecule has 2 heteroatoms. The van der Waals surface area contributed by atoms with Crippen LogP contribution in [-0.2, 0) is 6.42 Å². The maximum absolute atomic E-state index is 11.9. The van der Waals surface area contributed by atoms with E-state index >= 15 is 0 Å². The second-order valence-corrected chi connectivity index (χ2v) is 5.23. The molecule has 0 aromatic heterocycles. The van der Waals surface area contributed by atoms with Gasteiger partial charge in [-0.1, -0.05) is 39.3 Å². The summed E-state index contributed by atoms with van der Waals surface area (Å²) in [4.78, 5) is 11.9. The SMILES string of the molecule is CCCc1ccc2c(c1)C(=O)NCC2C(C)C. The van der Waals surface area contributed by atoms with E-state index in [1.165, 1.54) is 11.1 Å². The summed E-state index contributed by atoms with van der Waals surface area (Å²) in [7, 11) is 0. The normalized spacial score (nSPS) is 19.1. The Kier molecular flexibility index (Phi) is 3.51. The van der Waals surface area contributed by atoms with Crippen LogP contribution in [0.5, 0.6) is 0 Å². The van der Waals surface area contributed by atoms with Crippen molar-refractivity contribution in [1.29, 1.82) is 0 Å². The molecule has 0 fully saturated rings. The molecule has 1 aliphatic heterocycles. The second-order valence-electron chi connectivity index (χ2n) is 5.23. The van der Waals surface area contributed by atoms with Gasteiger partial charge >= 0.3 is 0 Å². The predicted molar refractivity (Wildman–Crippen MR) is 70.3 cm³/mol. The summed E-state index contributed by atoms with van der Waals surface area (Å²) < 4.78 is 0. The zero-order valence-electron chi connectivity index (χ0n) is 10.9. The van der Waals surface area contributed by atoms with E-state index in [0.29, 0.717) is 11.8 Å². The molecule has 1 heterocycles. The lowest BCUT2D eigenvalue weighted by molar-refractivity contribution is 0.0936. The standard InChI is InChI=1S/C15H21NO/c1-4-5-11-6-7-12-13(8-11)15(17)16-9-14(12)10(2)3/h6-8,10,14H,4-5,9H2,1-3H3,(H,16,17). The van der Waals surface area contributed by atoms with Gasteiger partial charge in [-0.25, -0.2) is 0 Å². The van der Waals surface area contributed by atoms with Crippen molar-refractivity contribution in [1.82, 2.24) is 5.32 Å². The summed E-state index contributed by atoms with van der Waals surface area (Å²) in [5.41, 5.74) is 3.38. The smallest absolute Gasteiger partial charge is 0.251 e. The summed E-state index contributed by atoms with van der Waals surface area (Å²) in [6.45, 7) is 7.37. The second kappa shape index (κ2) is 4.91. The van der Waals surface area contributed by atoms with Crippen molar-refractivity contribution in [3.63, 3.8) is 0 Å². The van der Waals surface area contributed by atoms with Crippen molar-refractivity contribution in [3.05, 3.63) is 34.9 Å². The Labute approximate surface area is 103 Å².